The van der Waals surface area contributed by atoms with Crippen LogP contribution in [-0.4, -0.2) is 31.1 Å². The Labute approximate surface area is 86.5 Å². The lowest BCUT2D eigenvalue weighted by Crippen LogP contribution is -2.18. The summed E-state index contributed by atoms with van der Waals surface area (Å²) < 4.78 is 5.01. The summed E-state index contributed by atoms with van der Waals surface area (Å²) in [6, 6.07) is 0.118. The Kier molecular flexibility index (Phi) is 7.11. The van der Waals surface area contributed by atoms with Gasteiger partial charge in [-0.15, -0.1) is 0 Å². The maximum absolute atomic E-state index is 9.12. The van der Waals surface area contributed by atoms with Crippen molar-refractivity contribution in [2.75, 3.05) is 13.7 Å². The quantitative estimate of drug-likeness (QED) is 0.506. The molecule has 0 aromatic heterocycles. The minimum Gasteiger partial charge on any atom is -0.513 e. The molecule has 0 aliphatic heterocycles. The van der Waals surface area contributed by atoms with Crippen LogP contribution in [0.2, 0.25) is 0 Å². The molecule has 2 unspecified atom stereocenters. The third-order valence-electron chi connectivity index (χ3n) is 2.22. The molecule has 82 valence electrons. The normalized spacial score (nSPS) is 15.6. The molecular weight excluding hydrogens is 178 g/mol. The first-order valence-electron chi connectivity index (χ1n) is 4.95. The van der Waals surface area contributed by atoms with Crippen molar-refractivity contribution in [1.29, 1.82) is 0 Å². The third kappa shape index (κ3) is 5.75. The van der Waals surface area contributed by atoms with E-state index < -0.39 is 0 Å². The van der Waals surface area contributed by atoms with Gasteiger partial charge in [-0.3, -0.25) is 4.99 Å². The van der Waals surface area contributed by atoms with Gasteiger partial charge in [-0.05, 0) is 25.5 Å². The summed E-state index contributed by atoms with van der Waals surface area (Å²) in [5, 5.41) is 9.12. The molecular formula is C11H21NO2. The fourth-order valence-corrected chi connectivity index (χ4v) is 1.33. The van der Waals surface area contributed by atoms with Crippen LogP contribution in [0.1, 0.15) is 26.7 Å². The number of aliphatic hydroxyl groups excluding tert-OH is 1. The number of hydrogen-bond donors (Lipinski definition) is 1. The van der Waals surface area contributed by atoms with Gasteiger partial charge in [-0.25, -0.2) is 0 Å². The molecule has 0 aromatic rings. The van der Waals surface area contributed by atoms with Crippen LogP contribution < -0.4 is 0 Å². The maximum Gasteiger partial charge on any atom is 0.0872 e. The molecule has 0 bridgehead atoms. The van der Waals surface area contributed by atoms with Crippen molar-refractivity contribution >= 4 is 6.21 Å². The molecule has 0 spiro atoms. The monoisotopic (exact) mass is 199 g/mol. The van der Waals surface area contributed by atoms with E-state index in [0.717, 1.165) is 13.0 Å². The molecule has 2 atom stereocenters. The number of aliphatic hydroxyl groups is 1. The van der Waals surface area contributed by atoms with Crippen molar-refractivity contribution in [3.63, 3.8) is 0 Å². The second-order valence-electron chi connectivity index (χ2n) is 3.50. The van der Waals surface area contributed by atoms with E-state index in [1.807, 2.05) is 6.92 Å². The van der Waals surface area contributed by atoms with Crippen LogP contribution in [0.4, 0.5) is 0 Å². The van der Waals surface area contributed by atoms with Crippen LogP contribution in [0.5, 0.6) is 0 Å². The maximum atomic E-state index is 9.12. The zero-order valence-electron chi connectivity index (χ0n) is 9.36. The van der Waals surface area contributed by atoms with Crippen molar-refractivity contribution in [3.05, 3.63) is 12.3 Å². The molecule has 0 radical (unpaired) electrons. The number of aliphatic imine (C=N–C) groups is 1. The van der Waals surface area contributed by atoms with Crippen LogP contribution in [-0.2, 0) is 4.74 Å². The topological polar surface area (TPSA) is 41.8 Å². The van der Waals surface area contributed by atoms with Crippen molar-refractivity contribution in [2.24, 2.45) is 10.9 Å². The summed E-state index contributed by atoms with van der Waals surface area (Å²) in [7, 11) is 1.69. The third-order valence-corrected chi connectivity index (χ3v) is 2.22. The fraction of sp³-hybridized carbons (Fsp3) is 0.727. The van der Waals surface area contributed by atoms with E-state index in [1.54, 1.807) is 13.3 Å². The van der Waals surface area contributed by atoms with E-state index in [1.165, 1.54) is 0 Å². The van der Waals surface area contributed by atoms with E-state index in [4.69, 9.17) is 9.84 Å². The van der Waals surface area contributed by atoms with Gasteiger partial charge < -0.3 is 9.84 Å². The minimum absolute atomic E-state index is 0.118. The molecule has 0 aliphatic carbocycles. The molecule has 3 heteroatoms. The van der Waals surface area contributed by atoms with Gasteiger partial charge in [-0.1, -0.05) is 13.5 Å². The highest BCUT2D eigenvalue weighted by atomic mass is 16.5. The molecule has 3 nitrogen and oxygen atoms in total. The summed E-state index contributed by atoms with van der Waals surface area (Å²) in [6.07, 6.45) is 3.26. The van der Waals surface area contributed by atoms with Gasteiger partial charge >= 0.3 is 0 Å². The van der Waals surface area contributed by atoms with Gasteiger partial charge in [0, 0.05) is 20.1 Å². The lowest BCUT2D eigenvalue weighted by atomic mass is 9.96. The summed E-state index contributed by atoms with van der Waals surface area (Å²) in [5.41, 5.74) is 0. The molecule has 0 saturated carbocycles. The van der Waals surface area contributed by atoms with Crippen molar-refractivity contribution in [3.8, 4) is 0 Å². The van der Waals surface area contributed by atoms with Gasteiger partial charge in [0.2, 0.25) is 0 Å². The van der Waals surface area contributed by atoms with Gasteiger partial charge in [0.1, 0.15) is 0 Å². The van der Waals surface area contributed by atoms with Crippen molar-refractivity contribution in [1.82, 2.24) is 0 Å². The van der Waals surface area contributed by atoms with Crippen LogP contribution in [0.15, 0.2) is 17.3 Å². The summed E-state index contributed by atoms with van der Waals surface area (Å²) in [6.45, 7) is 8.22. The zero-order valence-corrected chi connectivity index (χ0v) is 9.36. The lowest BCUT2D eigenvalue weighted by Gasteiger charge is -2.19. The smallest absolute Gasteiger partial charge is 0.0872 e. The van der Waals surface area contributed by atoms with Gasteiger partial charge in [0.05, 0.1) is 11.8 Å². The number of hydrogen-bond acceptors (Lipinski definition) is 3. The number of ether oxygens (including phenoxy) is 1. The van der Waals surface area contributed by atoms with Crippen LogP contribution in [0, 0.1) is 5.92 Å². The highest BCUT2D eigenvalue weighted by molar-refractivity contribution is 5.53. The Morgan fingerprint density at radius 1 is 1.64 bits per heavy atom. The first-order valence-corrected chi connectivity index (χ1v) is 4.95. The SMILES string of the molecule is C=C(O)CC(/N=C/C)C(C)CCOC. The second-order valence-corrected chi connectivity index (χ2v) is 3.50. The van der Waals surface area contributed by atoms with Crippen LogP contribution in [0.25, 0.3) is 0 Å². The molecule has 0 heterocycles. The molecule has 0 saturated heterocycles. The first kappa shape index (κ1) is 13.2. The van der Waals surface area contributed by atoms with E-state index in [9.17, 15) is 0 Å². The summed E-state index contributed by atoms with van der Waals surface area (Å²) >= 11 is 0. The van der Waals surface area contributed by atoms with Gasteiger partial charge in [0.25, 0.3) is 0 Å². The number of methoxy groups -OCH3 is 1. The predicted octanol–water partition coefficient (Wildman–Crippen LogP) is 2.58. The van der Waals surface area contributed by atoms with Crippen molar-refractivity contribution in [2.45, 2.75) is 32.7 Å². The number of nitrogens with zero attached hydrogens (tertiary/aromatic N) is 1. The van der Waals surface area contributed by atoms with E-state index in [0.29, 0.717) is 12.3 Å². The first-order chi connectivity index (χ1) is 6.61. The average Bonchev–Trinajstić information content (AvgIpc) is 2.13. The Hall–Kier alpha value is -0.830. The van der Waals surface area contributed by atoms with E-state index in [2.05, 4.69) is 18.5 Å². The highest BCUT2D eigenvalue weighted by Crippen LogP contribution is 2.17. The van der Waals surface area contributed by atoms with Crippen molar-refractivity contribution < 1.29 is 9.84 Å². The predicted molar refractivity (Wildman–Crippen MR) is 60.0 cm³/mol. The minimum atomic E-state index is 0.118. The Bertz CT molecular complexity index is 190. The Morgan fingerprint density at radius 3 is 2.71 bits per heavy atom. The lowest BCUT2D eigenvalue weighted by molar-refractivity contribution is 0.173. The Balaban J connectivity index is 4.10. The largest absolute Gasteiger partial charge is 0.513 e. The van der Waals surface area contributed by atoms with Gasteiger partial charge in [-0.2, -0.15) is 0 Å². The van der Waals surface area contributed by atoms with Crippen LogP contribution in [0.3, 0.4) is 0 Å². The standard InChI is InChI=1S/C11H21NO2/c1-5-12-11(8-10(3)13)9(2)6-7-14-4/h5,9,11,13H,3,6-8H2,1-2,4H3/b12-5+. The zero-order chi connectivity index (χ0) is 11.0. The number of rotatable bonds is 7. The molecule has 0 rings (SSSR count). The molecule has 0 aliphatic rings. The Morgan fingerprint density at radius 2 is 2.29 bits per heavy atom. The van der Waals surface area contributed by atoms with Gasteiger partial charge in [0.15, 0.2) is 0 Å². The average molecular weight is 199 g/mol. The molecule has 0 amide bonds. The molecule has 0 aromatic carbocycles. The fourth-order valence-electron chi connectivity index (χ4n) is 1.33. The highest BCUT2D eigenvalue weighted by Gasteiger charge is 2.16. The molecule has 14 heavy (non-hydrogen) atoms. The van der Waals surface area contributed by atoms with Crippen LogP contribution >= 0.6 is 0 Å². The van der Waals surface area contributed by atoms with E-state index >= 15 is 0 Å². The molecule has 0 fully saturated rings. The summed E-state index contributed by atoms with van der Waals surface area (Å²) in [4.78, 5) is 4.32. The second kappa shape index (κ2) is 7.56. The molecule has 1 N–H and O–H groups in total. The van der Waals surface area contributed by atoms with E-state index in [-0.39, 0.29) is 11.8 Å². The summed E-state index contributed by atoms with van der Waals surface area (Å²) in [5.74, 6) is 0.597.